The van der Waals surface area contributed by atoms with Crippen molar-refractivity contribution >= 4 is 5.91 Å². The van der Waals surface area contributed by atoms with Gasteiger partial charge in [-0.3, -0.25) is 9.69 Å². The molecule has 94 valence electrons. The summed E-state index contributed by atoms with van der Waals surface area (Å²) in [6.07, 6.45) is 4.21. The second-order valence-corrected chi connectivity index (χ2v) is 4.82. The van der Waals surface area contributed by atoms with Gasteiger partial charge in [0.25, 0.3) is 0 Å². The minimum Gasteiger partial charge on any atom is -0.349 e. The Hall–Kier alpha value is -0.610. The Kier molecular flexibility index (Phi) is 5.22. The van der Waals surface area contributed by atoms with E-state index in [9.17, 15) is 4.79 Å². The summed E-state index contributed by atoms with van der Waals surface area (Å²) in [6.45, 7) is 3.89. The van der Waals surface area contributed by atoms with E-state index in [1.807, 2.05) is 0 Å². The molecule has 2 atom stereocenters. The summed E-state index contributed by atoms with van der Waals surface area (Å²) in [4.78, 5) is 15.8. The Balaban J connectivity index is 2.56. The second-order valence-electron chi connectivity index (χ2n) is 4.82. The number of hydrogen-bond donors (Lipinski definition) is 1. The van der Waals surface area contributed by atoms with E-state index in [0.29, 0.717) is 19.0 Å². The number of carbonyl (C=O) groups excluding carboxylic acids is 1. The summed E-state index contributed by atoms with van der Waals surface area (Å²) >= 11 is 0. The average Bonchev–Trinajstić information content (AvgIpc) is 2.73. The largest absolute Gasteiger partial charge is 0.349 e. The van der Waals surface area contributed by atoms with Crippen LogP contribution in [0.4, 0.5) is 0 Å². The predicted molar refractivity (Wildman–Crippen MR) is 66.2 cm³/mol. The van der Waals surface area contributed by atoms with E-state index < -0.39 is 0 Å². The van der Waals surface area contributed by atoms with Crippen LogP contribution < -0.4 is 5.73 Å². The molecule has 0 spiro atoms. The zero-order valence-corrected chi connectivity index (χ0v) is 10.8. The summed E-state index contributed by atoms with van der Waals surface area (Å²) in [7, 11) is 3.61. The molecule has 4 heteroatoms. The molecule has 0 saturated carbocycles. The van der Waals surface area contributed by atoms with Gasteiger partial charge in [0.2, 0.25) is 5.91 Å². The van der Waals surface area contributed by atoms with Crippen molar-refractivity contribution in [3.05, 3.63) is 0 Å². The third-order valence-corrected chi connectivity index (χ3v) is 3.54. The van der Waals surface area contributed by atoms with Crippen molar-refractivity contribution in [2.24, 2.45) is 5.73 Å². The maximum Gasteiger partial charge on any atom is 0.223 e. The van der Waals surface area contributed by atoms with Gasteiger partial charge in [0, 0.05) is 39.1 Å². The quantitative estimate of drug-likeness (QED) is 0.751. The van der Waals surface area contributed by atoms with Crippen LogP contribution in [0.25, 0.3) is 0 Å². The molecule has 1 heterocycles. The van der Waals surface area contributed by atoms with E-state index in [1.54, 1.807) is 19.0 Å². The molecule has 1 amide bonds. The first-order chi connectivity index (χ1) is 7.60. The Bertz CT molecular complexity index is 230. The molecule has 0 aromatic rings. The Morgan fingerprint density at radius 3 is 2.75 bits per heavy atom. The van der Waals surface area contributed by atoms with Gasteiger partial charge in [0.15, 0.2) is 0 Å². The molecule has 16 heavy (non-hydrogen) atoms. The fourth-order valence-electron chi connectivity index (χ4n) is 2.50. The van der Waals surface area contributed by atoms with Gasteiger partial charge < -0.3 is 10.6 Å². The van der Waals surface area contributed by atoms with Crippen molar-refractivity contribution in [2.75, 3.05) is 27.2 Å². The normalized spacial score (nSPS) is 23.4. The van der Waals surface area contributed by atoms with Crippen LogP contribution in [0.1, 0.15) is 32.6 Å². The summed E-state index contributed by atoms with van der Waals surface area (Å²) in [5, 5.41) is 0. The zero-order chi connectivity index (χ0) is 12.1. The van der Waals surface area contributed by atoms with E-state index in [4.69, 9.17) is 5.73 Å². The summed E-state index contributed by atoms with van der Waals surface area (Å²) in [6, 6.07) is 0.853. The van der Waals surface area contributed by atoms with Gasteiger partial charge in [-0.1, -0.05) is 6.92 Å². The first kappa shape index (κ1) is 13.5. The molecule has 0 bridgehead atoms. The fraction of sp³-hybridized carbons (Fsp3) is 0.917. The predicted octanol–water partition coefficient (Wildman–Crippen LogP) is 0.666. The van der Waals surface area contributed by atoms with Crippen LogP contribution in [0.3, 0.4) is 0 Å². The minimum absolute atomic E-state index is 0.178. The standard InChI is InChI=1S/C12H25N3O/c1-4-10-6-5-7-15(10)11(9-13)8-12(16)14(2)3/h10-11H,4-9,13H2,1-3H3. The van der Waals surface area contributed by atoms with Crippen LogP contribution >= 0.6 is 0 Å². The highest BCUT2D eigenvalue weighted by Gasteiger charge is 2.30. The molecule has 0 aromatic heterocycles. The third kappa shape index (κ3) is 3.19. The molecule has 0 aliphatic carbocycles. The molecule has 4 nitrogen and oxygen atoms in total. The molecule has 1 rings (SSSR count). The highest BCUT2D eigenvalue weighted by atomic mass is 16.2. The summed E-state index contributed by atoms with van der Waals surface area (Å²) in [5.41, 5.74) is 5.81. The SMILES string of the molecule is CCC1CCCN1C(CN)CC(=O)N(C)C. The van der Waals surface area contributed by atoms with Crippen molar-refractivity contribution in [3.8, 4) is 0 Å². The van der Waals surface area contributed by atoms with Crippen LogP contribution in [0.15, 0.2) is 0 Å². The van der Waals surface area contributed by atoms with Gasteiger partial charge in [0.1, 0.15) is 0 Å². The topological polar surface area (TPSA) is 49.6 Å². The van der Waals surface area contributed by atoms with Gasteiger partial charge >= 0.3 is 0 Å². The first-order valence-electron chi connectivity index (χ1n) is 6.26. The van der Waals surface area contributed by atoms with Crippen LogP contribution in [0.2, 0.25) is 0 Å². The van der Waals surface area contributed by atoms with Crippen LogP contribution in [-0.2, 0) is 4.79 Å². The Morgan fingerprint density at radius 2 is 2.25 bits per heavy atom. The van der Waals surface area contributed by atoms with Gasteiger partial charge in [-0.25, -0.2) is 0 Å². The first-order valence-corrected chi connectivity index (χ1v) is 6.26. The van der Waals surface area contributed by atoms with E-state index in [0.717, 1.165) is 13.0 Å². The fourth-order valence-corrected chi connectivity index (χ4v) is 2.50. The van der Waals surface area contributed by atoms with E-state index in [-0.39, 0.29) is 11.9 Å². The molecular formula is C12H25N3O. The second kappa shape index (κ2) is 6.21. The minimum atomic E-state index is 0.178. The number of carbonyl (C=O) groups is 1. The maximum absolute atomic E-state index is 11.7. The number of nitrogens with zero attached hydrogens (tertiary/aromatic N) is 2. The van der Waals surface area contributed by atoms with E-state index in [2.05, 4.69) is 11.8 Å². The lowest BCUT2D eigenvalue weighted by Gasteiger charge is -2.32. The highest BCUT2D eigenvalue weighted by molar-refractivity contribution is 5.76. The van der Waals surface area contributed by atoms with Gasteiger partial charge in [-0.2, -0.15) is 0 Å². The number of rotatable bonds is 5. The lowest BCUT2D eigenvalue weighted by atomic mass is 10.1. The summed E-state index contributed by atoms with van der Waals surface area (Å²) in [5.74, 6) is 0.178. The zero-order valence-electron chi connectivity index (χ0n) is 10.8. The van der Waals surface area contributed by atoms with Gasteiger partial charge in [-0.15, -0.1) is 0 Å². The number of amides is 1. The molecular weight excluding hydrogens is 202 g/mol. The van der Waals surface area contributed by atoms with Crippen molar-refractivity contribution < 1.29 is 4.79 Å². The Morgan fingerprint density at radius 1 is 1.56 bits per heavy atom. The van der Waals surface area contributed by atoms with Crippen LogP contribution in [0.5, 0.6) is 0 Å². The molecule has 0 radical (unpaired) electrons. The molecule has 0 aromatic carbocycles. The third-order valence-electron chi connectivity index (χ3n) is 3.54. The monoisotopic (exact) mass is 227 g/mol. The van der Waals surface area contributed by atoms with Gasteiger partial charge in [0.05, 0.1) is 0 Å². The maximum atomic E-state index is 11.7. The van der Waals surface area contributed by atoms with Crippen LogP contribution in [0, 0.1) is 0 Å². The van der Waals surface area contributed by atoms with Crippen molar-refractivity contribution in [1.82, 2.24) is 9.80 Å². The lowest BCUT2D eigenvalue weighted by molar-refractivity contribution is -0.130. The number of nitrogens with two attached hydrogens (primary N) is 1. The average molecular weight is 227 g/mol. The van der Waals surface area contributed by atoms with Gasteiger partial charge in [-0.05, 0) is 25.8 Å². The molecule has 2 unspecified atom stereocenters. The van der Waals surface area contributed by atoms with E-state index in [1.165, 1.54) is 12.8 Å². The number of hydrogen-bond acceptors (Lipinski definition) is 3. The van der Waals surface area contributed by atoms with Crippen molar-refractivity contribution in [3.63, 3.8) is 0 Å². The van der Waals surface area contributed by atoms with Crippen molar-refractivity contribution in [1.29, 1.82) is 0 Å². The molecule has 1 saturated heterocycles. The van der Waals surface area contributed by atoms with Crippen LogP contribution in [-0.4, -0.2) is 55.0 Å². The lowest BCUT2D eigenvalue weighted by Crippen LogP contribution is -2.45. The Labute approximate surface area is 98.8 Å². The molecule has 1 aliphatic heterocycles. The summed E-state index contributed by atoms with van der Waals surface area (Å²) < 4.78 is 0. The van der Waals surface area contributed by atoms with Crippen molar-refractivity contribution in [2.45, 2.75) is 44.7 Å². The van der Waals surface area contributed by atoms with E-state index >= 15 is 0 Å². The molecule has 1 fully saturated rings. The smallest absolute Gasteiger partial charge is 0.223 e. The molecule has 1 aliphatic rings. The number of likely N-dealkylation sites (tertiary alicyclic amines) is 1. The highest BCUT2D eigenvalue weighted by Crippen LogP contribution is 2.23. The molecule has 2 N–H and O–H groups in total.